The highest BCUT2D eigenvalue weighted by atomic mass is 16.2. The lowest BCUT2D eigenvalue weighted by Gasteiger charge is -1.92. The molecule has 0 spiro atoms. The molecule has 0 unspecified atom stereocenters. The van der Waals surface area contributed by atoms with Gasteiger partial charge in [0.15, 0.2) is 0 Å². The number of hydrogen-bond donors (Lipinski definition) is 0. The summed E-state index contributed by atoms with van der Waals surface area (Å²) in [5.74, 6) is -0.560. The molecule has 4 nitrogen and oxygen atoms in total. The molecule has 0 fully saturated rings. The second-order valence-electron chi connectivity index (χ2n) is 1.05. The van der Waals surface area contributed by atoms with Gasteiger partial charge in [-0.05, 0) is 0 Å². The standard InChI is InChI=1S/C4H3N3O/c1-4(8)7(2-5)3-6/h1H3. The van der Waals surface area contributed by atoms with Crippen LogP contribution in [0.2, 0.25) is 0 Å². The van der Waals surface area contributed by atoms with Crippen molar-refractivity contribution in [3.63, 3.8) is 0 Å². The van der Waals surface area contributed by atoms with E-state index in [0.29, 0.717) is 4.90 Å². The SMILES string of the molecule is CC(=O)N(C#N)C#N. The Morgan fingerprint density at radius 1 is 1.50 bits per heavy atom. The molecule has 0 aliphatic heterocycles. The highest BCUT2D eigenvalue weighted by Gasteiger charge is 2.02. The summed E-state index contributed by atoms with van der Waals surface area (Å²) < 4.78 is 0. The largest absolute Gasteiger partial charge is 0.273 e. The molecule has 4 heteroatoms. The van der Waals surface area contributed by atoms with E-state index in [1.165, 1.54) is 12.4 Å². The minimum absolute atomic E-state index is 0.389. The van der Waals surface area contributed by atoms with Crippen molar-refractivity contribution in [3.05, 3.63) is 0 Å². The Morgan fingerprint density at radius 2 is 1.88 bits per heavy atom. The van der Waals surface area contributed by atoms with E-state index in [2.05, 4.69) is 0 Å². The summed E-state index contributed by atoms with van der Waals surface area (Å²) in [6.07, 6.45) is 2.75. The smallest absolute Gasteiger partial charge is 0.246 e. The predicted octanol–water partition coefficient (Wildman–Crippen LogP) is -0.203. The quantitative estimate of drug-likeness (QED) is 0.319. The van der Waals surface area contributed by atoms with Crippen LogP contribution in [0.4, 0.5) is 0 Å². The third-order valence-corrected chi connectivity index (χ3v) is 0.515. The molecular formula is C4H3N3O. The average molecular weight is 109 g/mol. The zero-order valence-electron chi connectivity index (χ0n) is 4.25. The second kappa shape index (κ2) is 2.59. The van der Waals surface area contributed by atoms with Gasteiger partial charge in [-0.3, -0.25) is 4.79 Å². The third kappa shape index (κ3) is 1.27. The molecule has 0 bridgehead atoms. The first-order chi connectivity index (χ1) is 3.72. The molecule has 0 saturated heterocycles. The molecule has 0 saturated carbocycles. The maximum atomic E-state index is 10.1. The van der Waals surface area contributed by atoms with Crippen molar-refractivity contribution in [2.75, 3.05) is 0 Å². The number of rotatable bonds is 0. The molecule has 8 heavy (non-hydrogen) atoms. The van der Waals surface area contributed by atoms with E-state index < -0.39 is 5.91 Å². The van der Waals surface area contributed by atoms with Gasteiger partial charge in [0.2, 0.25) is 18.3 Å². The monoisotopic (exact) mass is 109 g/mol. The lowest BCUT2D eigenvalue weighted by Crippen LogP contribution is -2.15. The fourth-order valence-corrected chi connectivity index (χ4v) is 0.163. The molecule has 1 amide bonds. The summed E-state index contributed by atoms with van der Waals surface area (Å²) in [7, 11) is 0. The number of nitrogens with zero attached hydrogens (tertiary/aromatic N) is 3. The van der Waals surface area contributed by atoms with Crippen LogP contribution in [0.5, 0.6) is 0 Å². The van der Waals surface area contributed by atoms with E-state index >= 15 is 0 Å². The zero-order valence-corrected chi connectivity index (χ0v) is 4.25. The van der Waals surface area contributed by atoms with E-state index in [1.54, 1.807) is 0 Å². The van der Waals surface area contributed by atoms with Gasteiger partial charge in [-0.25, -0.2) is 0 Å². The van der Waals surface area contributed by atoms with Crippen LogP contribution in [-0.4, -0.2) is 10.8 Å². The topological polar surface area (TPSA) is 67.9 Å². The molecule has 40 valence electrons. The molecule has 0 aromatic rings. The average Bonchev–Trinajstić information content (AvgIpc) is 1.69. The third-order valence-electron chi connectivity index (χ3n) is 0.515. The van der Waals surface area contributed by atoms with Crippen molar-refractivity contribution in [2.45, 2.75) is 6.92 Å². The lowest BCUT2D eigenvalue weighted by molar-refractivity contribution is -0.123. The van der Waals surface area contributed by atoms with Crippen LogP contribution in [-0.2, 0) is 4.79 Å². The second-order valence-corrected chi connectivity index (χ2v) is 1.05. The highest BCUT2D eigenvalue weighted by molar-refractivity contribution is 5.76. The summed E-state index contributed by atoms with van der Waals surface area (Å²) in [6.45, 7) is 1.15. The summed E-state index contributed by atoms with van der Waals surface area (Å²) >= 11 is 0. The molecule has 0 atom stereocenters. The van der Waals surface area contributed by atoms with E-state index in [0.717, 1.165) is 6.92 Å². The summed E-state index contributed by atoms with van der Waals surface area (Å²) in [6, 6.07) is 0. The molecule has 0 rings (SSSR count). The van der Waals surface area contributed by atoms with Gasteiger partial charge in [-0.1, -0.05) is 0 Å². The summed E-state index contributed by atoms with van der Waals surface area (Å²) in [5.41, 5.74) is 0. The normalized spacial score (nSPS) is 6.38. The Kier molecular flexibility index (Phi) is 2.09. The lowest BCUT2D eigenvalue weighted by atomic mass is 10.6. The van der Waals surface area contributed by atoms with Crippen molar-refractivity contribution in [1.29, 1.82) is 10.5 Å². The molecule has 0 aromatic heterocycles. The van der Waals surface area contributed by atoms with Crippen LogP contribution in [0.1, 0.15) is 6.92 Å². The molecule has 0 aliphatic rings. The molecule has 0 radical (unpaired) electrons. The Morgan fingerprint density at radius 3 is 1.88 bits per heavy atom. The van der Waals surface area contributed by atoms with Gasteiger partial charge < -0.3 is 0 Å². The van der Waals surface area contributed by atoms with Crippen molar-refractivity contribution >= 4 is 5.91 Å². The van der Waals surface area contributed by atoms with Crippen LogP contribution >= 0.6 is 0 Å². The van der Waals surface area contributed by atoms with Crippen molar-refractivity contribution in [3.8, 4) is 12.4 Å². The molecule has 0 N–H and O–H groups in total. The van der Waals surface area contributed by atoms with Gasteiger partial charge in [0.05, 0.1) is 0 Å². The van der Waals surface area contributed by atoms with Gasteiger partial charge in [-0.15, -0.1) is 4.90 Å². The van der Waals surface area contributed by atoms with Crippen LogP contribution in [0.25, 0.3) is 0 Å². The van der Waals surface area contributed by atoms with E-state index in [4.69, 9.17) is 10.5 Å². The number of nitriles is 2. The molecule has 0 aliphatic carbocycles. The first-order valence-corrected chi connectivity index (χ1v) is 1.82. The molecule has 0 aromatic carbocycles. The van der Waals surface area contributed by atoms with Crippen molar-refractivity contribution in [1.82, 2.24) is 4.90 Å². The number of amides is 1. The van der Waals surface area contributed by atoms with Gasteiger partial charge in [0.25, 0.3) is 0 Å². The number of carbonyl (C=O) groups is 1. The fraction of sp³-hybridized carbons (Fsp3) is 0.250. The minimum Gasteiger partial charge on any atom is -0.273 e. The van der Waals surface area contributed by atoms with E-state index in [-0.39, 0.29) is 0 Å². The van der Waals surface area contributed by atoms with Crippen LogP contribution in [0, 0.1) is 22.9 Å². The summed E-state index contributed by atoms with van der Waals surface area (Å²) in [5, 5.41) is 15.9. The van der Waals surface area contributed by atoms with Gasteiger partial charge in [0, 0.05) is 6.92 Å². The maximum absolute atomic E-state index is 10.1. The Bertz CT molecular complexity index is 159. The van der Waals surface area contributed by atoms with Crippen LogP contribution in [0.15, 0.2) is 0 Å². The summed E-state index contributed by atoms with van der Waals surface area (Å²) in [4.78, 5) is 10.5. The van der Waals surface area contributed by atoms with Crippen molar-refractivity contribution in [2.24, 2.45) is 0 Å². The van der Waals surface area contributed by atoms with Crippen molar-refractivity contribution < 1.29 is 4.79 Å². The van der Waals surface area contributed by atoms with E-state index in [1.807, 2.05) is 0 Å². The van der Waals surface area contributed by atoms with E-state index in [9.17, 15) is 4.79 Å². The first kappa shape index (κ1) is 6.45. The zero-order chi connectivity index (χ0) is 6.57. The molecule has 0 heterocycles. The number of carbonyl (C=O) groups excluding carboxylic acids is 1. The van der Waals surface area contributed by atoms with Gasteiger partial charge in [0.1, 0.15) is 0 Å². The van der Waals surface area contributed by atoms with Crippen LogP contribution < -0.4 is 0 Å². The maximum Gasteiger partial charge on any atom is 0.246 e. The van der Waals surface area contributed by atoms with Gasteiger partial charge >= 0.3 is 0 Å². The first-order valence-electron chi connectivity index (χ1n) is 1.82. The Labute approximate surface area is 46.5 Å². The predicted molar refractivity (Wildman–Crippen MR) is 23.7 cm³/mol. The number of hydrogen-bond acceptors (Lipinski definition) is 3. The Hall–Kier alpha value is -1.55. The minimum atomic E-state index is -0.560. The fourth-order valence-electron chi connectivity index (χ4n) is 0.163. The Balaban J connectivity index is 4.02. The molecular weight excluding hydrogens is 106 g/mol. The highest BCUT2D eigenvalue weighted by Crippen LogP contribution is 1.78. The van der Waals surface area contributed by atoms with Crippen LogP contribution in [0.3, 0.4) is 0 Å². The van der Waals surface area contributed by atoms with Gasteiger partial charge in [-0.2, -0.15) is 10.5 Å².